The molecule has 0 aromatic carbocycles. The first-order valence-electron chi connectivity index (χ1n) is 5.78. The van der Waals surface area contributed by atoms with Crippen molar-refractivity contribution in [1.29, 1.82) is 0 Å². The van der Waals surface area contributed by atoms with Gasteiger partial charge in [-0.15, -0.1) is 0 Å². The lowest BCUT2D eigenvalue weighted by molar-refractivity contribution is -0.344. The zero-order chi connectivity index (χ0) is 13.3. The molecule has 18 heavy (non-hydrogen) atoms. The molecule has 0 radical (unpaired) electrons. The zero-order valence-corrected chi connectivity index (χ0v) is 10.4. The molecule has 8 heteroatoms. The molecule has 8 nitrogen and oxygen atoms in total. The van der Waals surface area contributed by atoms with Crippen LogP contribution >= 0.6 is 0 Å². The Kier molecular flexibility index (Phi) is 16.4. The van der Waals surface area contributed by atoms with E-state index in [2.05, 4.69) is 0 Å². The van der Waals surface area contributed by atoms with Crippen molar-refractivity contribution >= 4 is 0 Å². The first kappa shape index (κ1) is 17.7. The standard InChI is InChI=1S/C10H22O8/c11-1-3-13-5-7-15-17-9-10-18-16-8-6-14-4-2-12/h11-12H,1-10H2. The van der Waals surface area contributed by atoms with E-state index in [0.717, 1.165) is 0 Å². The molecule has 0 aromatic heterocycles. The molecule has 0 aliphatic heterocycles. The summed E-state index contributed by atoms with van der Waals surface area (Å²) in [7, 11) is 0. The summed E-state index contributed by atoms with van der Waals surface area (Å²) in [5.41, 5.74) is 0. The zero-order valence-electron chi connectivity index (χ0n) is 10.4. The minimum Gasteiger partial charge on any atom is -0.394 e. The van der Waals surface area contributed by atoms with Crippen molar-refractivity contribution in [2.24, 2.45) is 0 Å². The topological polar surface area (TPSA) is 95.8 Å². The second-order valence-electron chi connectivity index (χ2n) is 2.96. The molecular formula is C10H22O8. The van der Waals surface area contributed by atoms with Gasteiger partial charge in [0.2, 0.25) is 0 Å². The van der Waals surface area contributed by atoms with Crippen LogP contribution in [-0.4, -0.2) is 76.3 Å². The summed E-state index contributed by atoms with van der Waals surface area (Å²) >= 11 is 0. The maximum Gasteiger partial charge on any atom is 0.109 e. The van der Waals surface area contributed by atoms with Gasteiger partial charge in [-0.25, -0.2) is 19.6 Å². The Morgan fingerprint density at radius 2 is 0.778 bits per heavy atom. The van der Waals surface area contributed by atoms with Crippen LogP contribution in [0.3, 0.4) is 0 Å². The molecule has 0 aliphatic carbocycles. The van der Waals surface area contributed by atoms with E-state index in [4.69, 9.17) is 39.2 Å². The van der Waals surface area contributed by atoms with Gasteiger partial charge in [-0.2, -0.15) is 0 Å². The molecular weight excluding hydrogens is 248 g/mol. The second kappa shape index (κ2) is 16.7. The molecule has 0 amide bonds. The van der Waals surface area contributed by atoms with Crippen LogP contribution in [0.1, 0.15) is 0 Å². The molecule has 0 saturated heterocycles. The third-order valence-corrected chi connectivity index (χ3v) is 1.51. The molecule has 0 rings (SSSR count). The number of hydrogen-bond acceptors (Lipinski definition) is 8. The van der Waals surface area contributed by atoms with Crippen LogP contribution in [0.4, 0.5) is 0 Å². The SMILES string of the molecule is OCCOCCOOCCOOCCOCCO. The molecule has 0 unspecified atom stereocenters. The van der Waals surface area contributed by atoms with Crippen LogP contribution in [0.5, 0.6) is 0 Å². The lowest BCUT2D eigenvalue weighted by atomic mass is 10.7. The highest BCUT2D eigenvalue weighted by atomic mass is 17.2. The summed E-state index contributed by atoms with van der Waals surface area (Å²) in [6.45, 7) is 2.33. The van der Waals surface area contributed by atoms with Gasteiger partial charge in [0.1, 0.15) is 26.4 Å². The van der Waals surface area contributed by atoms with Crippen LogP contribution in [0.25, 0.3) is 0 Å². The highest BCUT2D eigenvalue weighted by Crippen LogP contribution is 1.84. The van der Waals surface area contributed by atoms with Gasteiger partial charge in [0, 0.05) is 0 Å². The van der Waals surface area contributed by atoms with E-state index in [1.807, 2.05) is 0 Å². The Morgan fingerprint density at radius 3 is 1.11 bits per heavy atom. The summed E-state index contributed by atoms with van der Waals surface area (Å²) in [4.78, 5) is 19.0. The van der Waals surface area contributed by atoms with E-state index in [1.54, 1.807) is 0 Å². The van der Waals surface area contributed by atoms with Gasteiger partial charge in [0.15, 0.2) is 0 Å². The van der Waals surface area contributed by atoms with Crippen LogP contribution in [-0.2, 0) is 29.0 Å². The molecule has 0 aliphatic rings. The third-order valence-electron chi connectivity index (χ3n) is 1.51. The van der Waals surface area contributed by atoms with Crippen molar-refractivity contribution < 1.29 is 39.2 Å². The Morgan fingerprint density at radius 1 is 0.444 bits per heavy atom. The number of hydrogen-bond donors (Lipinski definition) is 2. The minimum absolute atomic E-state index is 0.00590. The van der Waals surface area contributed by atoms with Crippen LogP contribution in [0.2, 0.25) is 0 Å². The average molecular weight is 270 g/mol. The Hall–Kier alpha value is -0.320. The van der Waals surface area contributed by atoms with E-state index >= 15 is 0 Å². The molecule has 0 bridgehead atoms. The highest BCUT2D eigenvalue weighted by molar-refractivity contribution is 4.27. The van der Waals surface area contributed by atoms with Crippen LogP contribution in [0, 0.1) is 0 Å². The maximum atomic E-state index is 8.41. The molecule has 0 aromatic rings. The second-order valence-corrected chi connectivity index (χ2v) is 2.96. The van der Waals surface area contributed by atoms with E-state index in [1.165, 1.54) is 0 Å². The van der Waals surface area contributed by atoms with Crippen molar-refractivity contribution in [1.82, 2.24) is 0 Å². The molecule has 0 heterocycles. The molecule has 2 N–H and O–H groups in total. The minimum atomic E-state index is -0.00590. The summed E-state index contributed by atoms with van der Waals surface area (Å²) in [6, 6.07) is 0. The van der Waals surface area contributed by atoms with Gasteiger partial charge in [-0.3, -0.25) is 0 Å². The summed E-state index contributed by atoms with van der Waals surface area (Å²) < 4.78 is 9.86. The smallest absolute Gasteiger partial charge is 0.109 e. The Balaban J connectivity index is 2.86. The highest BCUT2D eigenvalue weighted by Gasteiger charge is 1.93. The van der Waals surface area contributed by atoms with Crippen molar-refractivity contribution in [2.75, 3.05) is 66.1 Å². The summed E-state index contributed by atoms with van der Waals surface area (Å²) in [5.74, 6) is 0. The number of ether oxygens (including phenoxy) is 2. The first-order valence-corrected chi connectivity index (χ1v) is 5.78. The van der Waals surface area contributed by atoms with Crippen molar-refractivity contribution in [3.63, 3.8) is 0 Å². The largest absolute Gasteiger partial charge is 0.394 e. The predicted molar refractivity (Wildman–Crippen MR) is 59.6 cm³/mol. The monoisotopic (exact) mass is 270 g/mol. The van der Waals surface area contributed by atoms with Crippen molar-refractivity contribution in [3.8, 4) is 0 Å². The number of aliphatic hydroxyl groups excluding tert-OH is 2. The van der Waals surface area contributed by atoms with Crippen LogP contribution in [0.15, 0.2) is 0 Å². The molecule has 110 valence electrons. The Labute approximate surface area is 106 Å². The lowest BCUT2D eigenvalue weighted by Crippen LogP contribution is -2.12. The summed E-state index contributed by atoms with van der Waals surface area (Å²) in [6.07, 6.45) is 0. The fourth-order valence-corrected chi connectivity index (χ4v) is 0.823. The fraction of sp³-hybridized carbons (Fsp3) is 1.00. The average Bonchev–Trinajstić information content (AvgIpc) is 2.39. The van der Waals surface area contributed by atoms with E-state index in [-0.39, 0.29) is 39.6 Å². The van der Waals surface area contributed by atoms with Gasteiger partial charge in [-0.05, 0) is 0 Å². The first-order chi connectivity index (χ1) is 8.91. The van der Waals surface area contributed by atoms with Gasteiger partial charge >= 0.3 is 0 Å². The van der Waals surface area contributed by atoms with Gasteiger partial charge in [-0.1, -0.05) is 0 Å². The van der Waals surface area contributed by atoms with Gasteiger partial charge in [0.25, 0.3) is 0 Å². The Bertz CT molecular complexity index is 130. The van der Waals surface area contributed by atoms with Crippen LogP contribution < -0.4 is 0 Å². The van der Waals surface area contributed by atoms with Gasteiger partial charge in [0.05, 0.1) is 39.6 Å². The van der Waals surface area contributed by atoms with Gasteiger partial charge < -0.3 is 19.7 Å². The predicted octanol–water partition coefficient (Wildman–Crippen LogP) is -1.10. The molecule has 0 spiro atoms. The number of rotatable bonds is 15. The maximum absolute atomic E-state index is 8.41. The quantitative estimate of drug-likeness (QED) is 0.220. The summed E-state index contributed by atoms with van der Waals surface area (Å²) in [5, 5.41) is 16.8. The lowest BCUT2D eigenvalue weighted by Gasteiger charge is -2.06. The normalized spacial score (nSPS) is 11.0. The molecule has 0 saturated carbocycles. The number of aliphatic hydroxyl groups is 2. The molecule has 0 atom stereocenters. The van der Waals surface area contributed by atoms with E-state index in [0.29, 0.717) is 26.4 Å². The molecule has 0 fully saturated rings. The van der Waals surface area contributed by atoms with Crippen molar-refractivity contribution in [3.05, 3.63) is 0 Å². The third kappa shape index (κ3) is 15.7. The van der Waals surface area contributed by atoms with E-state index < -0.39 is 0 Å². The van der Waals surface area contributed by atoms with E-state index in [9.17, 15) is 0 Å². The van der Waals surface area contributed by atoms with Crippen molar-refractivity contribution in [2.45, 2.75) is 0 Å². The fourth-order valence-electron chi connectivity index (χ4n) is 0.823.